The molecule has 0 atom stereocenters. The number of allylic oxidation sites excluding steroid dienone is 1. The van der Waals surface area contributed by atoms with Gasteiger partial charge in [0.05, 0.1) is 17.0 Å². The Morgan fingerprint density at radius 1 is 1.43 bits per heavy atom. The zero-order valence-electron chi connectivity index (χ0n) is 12.2. The van der Waals surface area contributed by atoms with E-state index in [4.69, 9.17) is 5.26 Å². The van der Waals surface area contributed by atoms with Crippen LogP contribution in [0.25, 0.3) is 10.2 Å². The molecular formula is C17H13N3OS2. The van der Waals surface area contributed by atoms with Gasteiger partial charge in [0.25, 0.3) is 5.56 Å². The molecule has 1 aromatic carbocycles. The molecule has 0 fully saturated rings. The summed E-state index contributed by atoms with van der Waals surface area (Å²) in [5.74, 6) is 0.649. The number of rotatable bonds is 5. The van der Waals surface area contributed by atoms with Gasteiger partial charge in [0.1, 0.15) is 4.83 Å². The minimum Gasteiger partial charge on any atom is -0.283 e. The smallest absolute Gasteiger partial charge is 0.263 e. The fourth-order valence-corrected chi connectivity index (χ4v) is 3.97. The summed E-state index contributed by atoms with van der Waals surface area (Å²) in [6.45, 7) is 4.15. The molecule has 2 aromatic heterocycles. The maximum Gasteiger partial charge on any atom is 0.263 e. The second-order valence-corrected chi connectivity index (χ2v) is 6.68. The quantitative estimate of drug-likeness (QED) is 0.403. The van der Waals surface area contributed by atoms with Crippen LogP contribution in [0.15, 0.2) is 58.3 Å². The fraction of sp³-hybridized carbons (Fsp3) is 0.118. The Labute approximate surface area is 141 Å². The van der Waals surface area contributed by atoms with Gasteiger partial charge in [0.15, 0.2) is 5.16 Å². The third kappa shape index (κ3) is 3.21. The van der Waals surface area contributed by atoms with Gasteiger partial charge in [0.2, 0.25) is 0 Å². The maximum atomic E-state index is 12.5. The van der Waals surface area contributed by atoms with Crippen molar-refractivity contribution >= 4 is 33.3 Å². The summed E-state index contributed by atoms with van der Waals surface area (Å²) in [5, 5.41) is 12.2. The van der Waals surface area contributed by atoms with E-state index in [0.717, 1.165) is 10.4 Å². The van der Waals surface area contributed by atoms with E-state index in [9.17, 15) is 4.79 Å². The highest BCUT2D eigenvalue weighted by molar-refractivity contribution is 7.98. The molecule has 0 amide bonds. The fourth-order valence-electron chi connectivity index (χ4n) is 2.21. The first kappa shape index (κ1) is 15.5. The van der Waals surface area contributed by atoms with Gasteiger partial charge in [0, 0.05) is 12.3 Å². The summed E-state index contributed by atoms with van der Waals surface area (Å²) in [6, 6.07) is 11.4. The molecule has 6 heteroatoms. The van der Waals surface area contributed by atoms with Crippen LogP contribution in [0.3, 0.4) is 0 Å². The predicted molar refractivity (Wildman–Crippen MR) is 94.8 cm³/mol. The van der Waals surface area contributed by atoms with Crippen molar-refractivity contribution in [2.24, 2.45) is 0 Å². The summed E-state index contributed by atoms with van der Waals surface area (Å²) in [4.78, 5) is 17.9. The van der Waals surface area contributed by atoms with Crippen molar-refractivity contribution in [3.05, 3.63) is 69.8 Å². The van der Waals surface area contributed by atoms with Crippen LogP contribution in [0.5, 0.6) is 0 Å². The summed E-state index contributed by atoms with van der Waals surface area (Å²) in [6.07, 6.45) is 1.70. The van der Waals surface area contributed by atoms with Gasteiger partial charge in [-0.15, -0.1) is 17.9 Å². The number of thioether (sulfide) groups is 1. The highest BCUT2D eigenvalue weighted by atomic mass is 32.2. The second-order valence-electron chi connectivity index (χ2n) is 4.84. The third-order valence-corrected chi connectivity index (χ3v) is 5.14. The van der Waals surface area contributed by atoms with Crippen LogP contribution >= 0.6 is 23.1 Å². The van der Waals surface area contributed by atoms with Crippen molar-refractivity contribution in [3.8, 4) is 6.07 Å². The molecule has 0 radical (unpaired) electrons. The first-order valence-electron chi connectivity index (χ1n) is 6.93. The van der Waals surface area contributed by atoms with Gasteiger partial charge in [-0.1, -0.05) is 30.0 Å². The zero-order valence-corrected chi connectivity index (χ0v) is 13.9. The Hall–Kier alpha value is -2.36. The molecule has 4 nitrogen and oxygen atoms in total. The lowest BCUT2D eigenvalue weighted by Crippen LogP contribution is -2.22. The molecule has 3 aromatic rings. The van der Waals surface area contributed by atoms with Crippen molar-refractivity contribution in [1.29, 1.82) is 5.26 Å². The molecule has 0 aliphatic carbocycles. The zero-order chi connectivity index (χ0) is 16.2. The van der Waals surface area contributed by atoms with E-state index in [2.05, 4.69) is 17.6 Å². The number of aromatic nitrogens is 2. The van der Waals surface area contributed by atoms with Crippen LogP contribution < -0.4 is 5.56 Å². The number of hydrogen-bond acceptors (Lipinski definition) is 5. The first-order chi connectivity index (χ1) is 11.2. The molecule has 0 spiro atoms. The normalized spacial score (nSPS) is 10.6. The predicted octanol–water partition coefficient (Wildman–Crippen LogP) is 3.81. The second kappa shape index (κ2) is 6.82. The molecule has 0 aliphatic rings. The maximum absolute atomic E-state index is 12.5. The Bertz CT molecular complexity index is 966. The number of benzene rings is 1. The molecule has 0 aliphatic heterocycles. The molecule has 0 saturated carbocycles. The van der Waals surface area contributed by atoms with E-state index in [1.807, 2.05) is 23.6 Å². The van der Waals surface area contributed by atoms with Crippen LogP contribution in [0.4, 0.5) is 0 Å². The van der Waals surface area contributed by atoms with Crippen molar-refractivity contribution in [2.75, 3.05) is 0 Å². The van der Waals surface area contributed by atoms with Gasteiger partial charge in [-0.2, -0.15) is 5.26 Å². The third-order valence-electron chi connectivity index (χ3n) is 3.28. The molecular weight excluding hydrogens is 326 g/mol. The average molecular weight is 339 g/mol. The van der Waals surface area contributed by atoms with E-state index < -0.39 is 0 Å². The number of fused-ring (bicyclic) bond motifs is 1. The van der Waals surface area contributed by atoms with Gasteiger partial charge in [-0.25, -0.2) is 4.98 Å². The molecule has 0 unspecified atom stereocenters. The Morgan fingerprint density at radius 3 is 3.09 bits per heavy atom. The lowest BCUT2D eigenvalue weighted by molar-refractivity contribution is 0.673. The van der Waals surface area contributed by atoms with Crippen LogP contribution in [-0.2, 0) is 12.3 Å². The highest BCUT2D eigenvalue weighted by Gasteiger charge is 2.11. The van der Waals surface area contributed by atoms with Crippen molar-refractivity contribution in [3.63, 3.8) is 0 Å². The van der Waals surface area contributed by atoms with Crippen LogP contribution in [0.1, 0.15) is 11.1 Å². The largest absolute Gasteiger partial charge is 0.283 e. The van der Waals surface area contributed by atoms with E-state index in [0.29, 0.717) is 28.4 Å². The van der Waals surface area contributed by atoms with E-state index in [1.54, 1.807) is 22.8 Å². The summed E-state index contributed by atoms with van der Waals surface area (Å²) < 4.78 is 1.64. The summed E-state index contributed by atoms with van der Waals surface area (Å²) in [7, 11) is 0. The summed E-state index contributed by atoms with van der Waals surface area (Å²) in [5.41, 5.74) is 1.62. The average Bonchev–Trinajstić information content (AvgIpc) is 3.05. The molecule has 0 N–H and O–H groups in total. The van der Waals surface area contributed by atoms with Crippen LogP contribution in [-0.4, -0.2) is 9.55 Å². The SMILES string of the molecule is C=CCn1c(SCc2cccc(C#N)c2)nc2sccc2c1=O. The molecule has 0 bridgehead atoms. The van der Waals surface area contributed by atoms with E-state index in [-0.39, 0.29) is 5.56 Å². The number of thiophene rings is 1. The van der Waals surface area contributed by atoms with Gasteiger partial charge >= 0.3 is 0 Å². The minimum atomic E-state index is -0.0376. The van der Waals surface area contributed by atoms with Gasteiger partial charge in [-0.05, 0) is 29.1 Å². The Balaban J connectivity index is 1.95. The number of hydrogen-bond donors (Lipinski definition) is 0. The van der Waals surface area contributed by atoms with Gasteiger partial charge < -0.3 is 0 Å². The first-order valence-corrected chi connectivity index (χ1v) is 8.80. The van der Waals surface area contributed by atoms with E-state index >= 15 is 0 Å². The number of nitrogens with zero attached hydrogens (tertiary/aromatic N) is 3. The monoisotopic (exact) mass is 339 g/mol. The lowest BCUT2D eigenvalue weighted by Gasteiger charge is -2.10. The Kier molecular flexibility index (Phi) is 4.60. The van der Waals surface area contributed by atoms with Crippen molar-refractivity contribution < 1.29 is 0 Å². The van der Waals surface area contributed by atoms with E-state index in [1.165, 1.54) is 23.1 Å². The van der Waals surface area contributed by atoms with Crippen molar-refractivity contribution in [2.45, 2.75) is 17.5 Å². The summed E-state index contributed by atoms with van der Waals surface area (Å²) >= 11 is 2.96. The highest BCUT2D eigenvalue weighted by Crippen LogP contribution is 2.24. The molecule has 23 heavy (non-hydrogen) atoms. The number of nitriles is 1. The van der Waals surface area contributed by atoms with Crippen LogP contribution in [0.2, 0.25) is 0 Å². The molecule has 0 saturated heterocycles. The standard InChI is InChI=1S/C17H13N3OS2/c1-2-7-20-16(21)14-6-8-22-15(14)19-17(20)23-11-13-5-3-4-12(9-13)10-18/h2-6,8-9H,1,7,11H2. The molecule has 2 heterocycles. The molecule has 114 valence electrons. The minimum absolute atomic E-state index is 0.0376. The topological polar surface area (TPSA) is 58.7 Å². The van der Waals surface area contributed by atoms with Crippen molar-refractivity contribution in [1.82, 2.24) is 9.55 Å². The molecule has 3 rings (SSSR count). The lowest BCUT2D eigenvalue weighted by atomic mass is 10.2. The van der Waals surface area contributed by atoms with Gasteiger partial charge in [-0.3, -0.25) is 9.36 Å². The van der Waals surface area contributed by atoms with Crippen LogP contribution in [0, 0.1) is 11.3 Å². The Morgan fingerprint density at radius 2 is 2.30 bits per heavy atom.